The third-order valence-corrected chi connectivity index (χ3v) is 4.90. The van der Waals surface area contributed by atoms with Crippen LogP contribution in [0.3, 0.4) is 0 Å². The Kier molecular flexibility index (Phi) is 4.66. The molecule has 0 heteroatoms. The van der Waals surface area contributed by atoms with Gasteiger partial charge in [0.25, 0.3) is 0 Å². The van der Waals surface area contributed by atoms with Crippen molar-refractivity contribution in [3.8, 4) is 22.3 Å². The van der Waals surface area contributed by atoms with Crippen LogP contribution in [-0.2, 0) is 6.42 Å². The van der Waals surface area contributed by atoms with Crippen LogP contribution in [0.2, 0.25) is 0 Å². The first-order chi connectivity index (χ1) is 12.8. The van der Waals surface area contributed by atoms with E-state index < -0.39 is 0 Å². The standard InChI is InChI=1S/C26H22/c1-20-11-10-17-24(26(20)22-14-6-3-7-15-22)19-23-16-8-9-18-25(23)21-12-4-2-5-13-21/h2-18H,19H2,1H3. The van der Waals surface area contributed by atoms with Crippen LogP contribution in [0.25, 0.3) is 22.3 Å². The van der Waals surface area contributed by atoms with Crippen molar-refractivity contribution in [1.29, 1.82) is 0 Å². The third-order valence-electron chi connectivity index (χ3n) is 4.90. The Labute approximate surface area is 155 Å². The van der Waals surface area contributed by atoms with Crippen molar-refractivity contribution in [1.82, 2.24) is 0 Å². The summed E-state index contributed by atoms with van der Waals surface area (Å²) in [6.07, 6.45) is 0.928. The SMILES string of the molecule is Cc1cccc(Cc2ccccc2-c2ccccc2)c1-c1ccccc1. The van der Waals surface area contributed by atoms with Crippen LogP contribution in [0.4, 0.5) is 0 Å². The van der Waals surface area contributed by atoms with Crippen LogP contribution in [0.1, 0.15) is 16.7 Å². The van der Waals surface area contributed by atoms with E-state index in [0.29, 0.717) is 0 Å². The Morgan fingerprint density at radius 3 is 1.81 bits per heavy atom. The first-order valence-electron chi connectivity index (χ1n) is 9.10. The summed E-state index contributed by atoms with van der Waals surface area (Å²) in [5.74, 6) is 0. The molecule has 0 aliphatic rings. The molecule has 4 aromatic carbocycles. The van der Waals surface area contributed by atoms with E-state index in [1.165, 1.54) is 38.9 Å². The van der Waals surface area contributed by atoms with E-state index in [2.05, 4.69) is 110 Å². The summed E-state index contributed by atoms with van der Waals surface area (Å²) in [5.41, 5.74) is 9.30. The number of hydrogen-bond acceptors (Lipinski definition) is 0. The zero-order valence-corrected chi connectivity index (χ0v) is 15.0. The van der Waals surface area contributed by atoms with Crippen LogP contribution in [0, 0.1) is 6.92 Å². The molecule has 0 spiro atoms. The summed E-state index contributed by atoms with van der Waals surface area (Å²) in [4.78, 5) is 0. The van der Waals surface area contributed by atoms with E-state index in [4.69, 9.17) is 0 Å². The van der Waals surface area contributed by atoms with E-state index in [0.717, 1.165) is 6.42 Å². The fourth-order valence-electron chi connectivity index (χ4n) is 3.67. The van der Waals surface area contributed by atoms with Gasteiger partial charge < -0.3 is 0 Å². The minimum atomic E-state index is 0.928. The number of aryl methyl sites for hydroxylation is 1. The molecule has 4 rings (SSSR count). The normalized spacial score (nSPS) is 10.7. The van der Waals surface area contributed by atoms with Crippen molar-refractivity contribution in [3.63, 3.8) is 0 Å². The average Bonchev–Trinajstić information content (AvgIpc) is 2.70. The topological polar surface area (TPSA) is 0 Å². The Morgan fingerprint density at radius 1 is 0.500 bits per heavy atom. The minimum Gasteiger partial charge on any atom is -0.0622 e. The fourth-order valence-corrected chi connectivity index (χ4v) is 3.67. The van der Waals surface area contributed by atoms with Gasteiger partial charge in [0.15, 0.2) is 0 Å². The Bertz CT molecular complexity index is 998. The smallest absolute Gasteiger partial charge is 0.00134 e. The van der Waals surface area contributed by atoms with Crippen LogP contribution in [-0.4, -0.2) is 0 Å². The molecule has 0 fully saturated rings. The quantitative estimate of drug-likeness (QED) is 0.380. The molecule has 0 amide bonds. The summed E-state index contributed by atoms with van der Waals surface area (Å²) in [6, 6.07) is 36.7. The molecule has 0 bridgehead atoms. The van der Waals surface area contributed by atoms with Gasteiger partial charge >= 0.3 is 0 Å². The molecule has 0 aliphatic heterocycles. The lowest BCUT2D eigenvalue weighted by molar-refractivity contribution is 1.19. The molecule has 0 unspecified atom stereocenters. The molecule has 0 saturated carbocycles. The van der Waals surface area contributed by atoms with E-state index in [-0.39, 0.29) is 0 Å². The Hall–Kier alpha value is -3.12. The number of hydrogen-bond donors (Lipinski definition) is 0. The highest BCUT2D eigenvalue weighted by Crippen LogP contribution is 2.32. The maximum absolute atomic E-state index is 2.26. The van der Waals surface area contributed by atoms with Gasteiger partial charge in [0, 0.05) is 0 Å². The second-order valence-corrected chi connectivity index (χ2v) is 6.68. The van der Waals surface area contributed by atoms with Crippen molar-refractivity contribution in [2.45, 2.75) is 13.3 Å². The lowest BCUT2D eigenvalue weighted by Crippen LogP contribution is -1.97. The average molecular weight is 334 g/mol. The van der Waals surface area contributed by atoms with E-state index in [1.807, 2.05) is 0 Å². The molecule has 0 nitrogen and oxygen atoms in total. The highest BCUT2D eigenvalue weighted by Gasteiger charge is 2.11. The highest BCUT2D eigenvalue weighted by atomic mass is 14.2. The van der Waals surface area contributed by atoms with Crippen molar-refractivity contribution >= 4 is 0 Å². The van der Waals surface area contributed by atoms with Crippen molar-refractivity contribution in [2.75, 3.05) is 0 Å². The lowest BCUT2D eigenvalue weighted by atomic mass is 9.89. The Balaban J connectivity index is 1.80. The molecule has 0 atom stereocenters. The van der Waals surface area contributed by atoms with Gasteiger partial charge in [-0.3, -0.25) is 0 Å². The lowest BCUT2D eigenvalue weighted by Gasteiger charge is -2.15. The van der Waals surface area contributed by atoms with Gasteiger partial charge in [-0.25, -0.2) is 0 Å². The molecule has 126 valence electrons. The van der Waals surface area contributed by atoms with Gasteiger partial charge in [0.1, 0.15) is 0 Å². The third kappa shape index (κ3) is 3.32. The van der Waals surface area contributed by atoms with Crippen LogP contribution in [0.15, 0.2) is 103 Å². The largest absolute Gasteiger partial charge is 0.0622 e. The molecule has 26 heavy (non-hydrogen) atoms. The zero-order valence-electron chi connectivity index (χ0n) is 15.0. The van der Waals surface area contributed by atoms with Gasteiger partial charge in [0.2, 0.25) is 0 Å². The predicted molar refractivity (Wildman–Crippen MR) is 111 cm³/mol. The van der Waals surface area contributed by atoms with Gasteiger partial charge in [0.05, 0.1) is 0 Å². The van der Waals surface area contributed by atoms with Crippen LogP contribution >= 0.6 is 0 Å². The zero-order chi connectivity index (χ0) is 17.8. The molecule has 0 N–H and O–H groups in total. The number of rotatable bonds is 4. The maximum atomic E-state index is 2.26. The molecular formula is C26H22. The monoisotopic (exact) mass is 334 g/mol. The predicted octanol–water partition coefficient (Wildman–Crippen LogP) is 6.92. The molecule has 0 saturated heterocycles. The molecule has 0 aliphatic carbocycles. The van der Waals surface area contributed by atoms with Gasteiger partial charge in [-0.2, -0.15) is 0 Å². The van der Waals surface area contributed by atoms with Crippen molar-refractivity contribution in [3.05, 3.63) is 120 Å². The van der Waals surface area contributed by atoms with E-state index in [1.54, 1.807) is 0 Å². The van der Waals surface area contributed by atoms with Gasteiger partial charge in [-0.1, -0.05) is 103 Å². The van der Waals surface area contributed by atoms with E-state index >= 15 is 0 Å². The van der Waals surface area contributed by atoms with E-state index in [9.17, 15) is 0 Å². The minimum absolute atomic E-state index is 0.928. The first kappa shape index (κ1) is 16.4. The van der Waals surface area contributed by atoms with Crippen molar-refractivity contribution in [2.24, 2.45) is 0 Å². The molecule has 0 aromatic heterocycles. The summed E-state index contributed by atoms with van der Waals surface area (Å²) in [7, 11) is 0. The number of benzene rings is 4. The molecule has 4 aromatic rings. The summed E-state index contributed by atoms with van der Waals surface area (Å²) >= 11 is 0. The summed E-state index contributed by atoms with van der Waals surface area (Å²) in [6.45, 7) is 2.20. The maximum Gasteiger partial charge on any atom is -0.00134 e. The van der Waals surface area contributed by atoms with Crippen LogP contribution in [0.5, 0.6) is 0 Å². The van der Waals surface area contributed by atoms with Gasteiger partial charge in [-0.15, -0.1) is 0 Å². The second-order valence-electron chi connectivity index (χ2n) is 6.68. The van der Waals surface area contributed by atoms with Gasteiger partial charge in [-0.05, 0) is 52.3 Å². The molecular weight excluding hydrogens is 312 g/mol. The molecule has 0 radical (unpaired) electrons. The summed E-state index contributed by atoms with van der Waals surface area (Å²) < 4.78 is 0. The summed E-state index contributed by atoms with van der Waals surface area (Å²) in [5, 5.41) is 0. The fraction of sp³-hybridized carbons (Fsp3) is 0.0769. The first-order valence-corrected chi connectivity index (χ1v) is 9.10. The second kappa shape index (κ2) is 7.41. The van der Waals surface area contributed by atoms with Crippen molar-refractivity contribution < 1.29 is 0 Å². The van der Waals surface area contributed by atoms with Crippen LogP contribution < -0.4 is 0 Å². The molecule has 0 heterocycles. The highest BCUT2D eigenvalue weighted by molar-refractivity contribution is 5.73. The Morgan fingerprint density at radius 2 is 1.08 bits per heavy atom.